The van der Waals surface area contributed by atoms with Crippen LogP contribution >= 0.6 is 31.9 Å². The molecule has 0 aliphatic carbocycles. The lowest BCUT2D eigenvalue weighted by Gasteiger charge is -2.12. The van der Waals surface area contributed by atoms with Gasteiger partial charge in [0.15, 0.2) is 0 Å². The van der Waals surface area contributed by atoms with E-state index in [-0.39, 0.29) is 6.61 Å². The van der Waals surface area contributed by atoms with E-state index < -0.39 is 0 Å². The molecule has 0 saturated heterocycles. The van der Waals surface area contributed by atoms with Gasteiger partial charge in [0, 0.05) is 6.54 Å². The third-order valence-electron chi connectivity index (χ3n) is 3.03. The van der Waals surface area contributed by atoms with Crippen LogP contribution in [0.4, 0.5) is 0 Å². The molecule has 2 aromatic carbocycles. The molecule has 0 heterocycles. The predicted octanol–water partition coefficient (Wildman–Crippen LogP) is 4.00. The largest absolute Gasteiger partial charge is 0.487 e. The molecule has 0 bridgehead atoms. The molecule has 0 amide bonds. The number of ether oxygens (including phenoxy) is 1. The van der Waals surface area contributed by atoms with Gasteiger partial charge in [-0.1, -0.05) is 24.3 Å². The fourth-order valence-corrected chi connectivity index (χ4v) is 3.46. The van der Waals surface area contributed by atoms with Gasteiger partial charge in [-0.2, -0.15) is 0 Å². The van der Waals surface area contributed by atoms with Crippen molar-refractivity contribution in [3.8, 4) is 5.75 Å². The van der Waals surface area contributed by atoms with Crippen LogP contribution in [-0.4, -0.2) is 12.2 Å². The first kappa shape index (κ1) is 16.5. The Kier molecular flexibility index (Phi) is 6.23. The molecule has 2 N–H and O–H groups in total. The lowest BCUT2D eigenvalue weighted by Crippen LogP contribution is -2.05. The smallest absolute Gasteiger partial charge is 0.148 e. The maximum absolute atomic E-state index is 9.03. The minimum atomic E-state index is 0.0607. The molecular weight excluding hydrogens is 398 g/mol. The van der Waals surface area contributed by atoms with Crippen LogP contribution in [0.3, 0.4) is 0 Å². The van der Waals surface area contributed by atoms with Crippen molar-refractivity contribution in [3.05, 3.63) is 62.0 Å². The highest BCUT2D eigenvalue weighted by molar-refractivity contribution is 9.11. The monoisotopic (exact) mass is 413 g/mol. The second-order valence-corrected chi connectivity index (χ2v) is 6.39. The van der Waals surface area contributed by atoms with Gasteiger partial charge in [-0.15, -0.1) is 0 Å². The van der Waals surface area contributed by atoms with Gasteiger partial charge in [0.1, 0.15) is 12.4 Å². The Labute approximate surface area is 141 Å². The molecule has 0 fully saturated rings. The minimum Gasteiger partial charge on any atom is -0.487 e. The summed E-state index contributed by atoms with van der Waals surface area (Å²) in [6, 6.07) is 11.8. The molecule has 0 aliphatic heterocycles. The summed E-state index contributed by atoms with van der Waals surface area (Å²) in [6.45, 7) is 1.35. The van der Waals surface area contributed by atoms with Crippen molar-refractivity contribution >= 4 is 31.9 Å². The second-order valence-electron chi connectivity index (χ2n) is 4.68. The summed E-state index contributed by atoms with van der Waals surface area (Å²) >= 11 is 7.10. The molecule has 2 rings (SSSR count). The van der Waals surface area contributed by atoms with Gasteiger partial charge in [0.2, 0.25) is 0 Å². The van der Waals surface area contributed by atoms with Crippen molar-refractivity contribution in [1.29, 1.82) is 0 Å². The van der Waals surface area contributed by atoms with Crippen LogP contribution in [0.2, 0.25) is 0 Å². The summed E-state index contributed by atoms with van der Waals surface area (Å²) in [6.07, 6.45) is 0. The van der Waals surface area contributed by atoms with Gasteiger partial charge in [0.05, 0.1) is 15.6 Å². The highest BCUT2D eigenvalue weighted by Crippen LogP contribution is 2.35. The van der Waals surface area contributed by atoms with E-state index in [0.717, 1.165) is 32.4 Å². The number of rotatable bonds is 6. The maximum Gasteiger partial charge on any atom is 0.148 e. The summed E-state index contributed by atoms with van der Waals surface area (Å²) in [7, 11) is 1.92. The highest BCUT2D eigenvalue weighted by Gasteiger charge is 2.09. The molecule has 2 aromatic rings. The van der Waals surface area contributed by atoms with E-state index in [4.69, 9.17) is 9.84 Å². The van der Waals surface area contributed by atoms with E-state index in [1.807, 2.05) is 43.4 Å². The van der Waals surface area contributed by atoms with Crippen LogP contribution in [-0.2, 0) is 19.8 Å². The van der Waals surface area contributed by atoms with Crippen molar-refractivity contribution in [2.75, 3.05) is 7.05 Å². The lowest BCUT2D eigenvalue weighted by molar-refractivity contribution is 0.281. The zero-order chi connectivity index (χ0) is 15.2. The SMILES string of the molecule is CNCc1cc(Br)c(OCc2ccc(CO)cc2)c(Br)c1. The fourth-order valence-electron chi connectivity index (χ4n) is 1.95. The molecule has 0 atom stereocenters. The van der Waals surface area contributed by atoms with Crippen LogP contribution in [0, 0.1) is 0 Å². The number of hydrogen-bond donors (Lipinski definition) is 2. The van der Waals surface area contributed by atoms with Crippen molar-refractivity contribution in [3.63, 3.8) is 0 Å². The normalized spacial score (nSPS) is 10.7. The van der Waals surface area contributed by atoms with Gasteiger partial charge in [-0.3, -0.25) is 0 Å². The zero-order valence-corrected chi connectivity index (χ0v) is 14.9. The summed E-state index contributed by atoms with van der Waals surface area (Å²) < 4.78 is 7.73. The highest BCUT2D eigenvalue weighted by atomic mass is 79.9. The summed E-state index contributed by atoms with van der Waals surface area (Å²) in [5, 5.41) is 12.2. The first-order chi connectivity index (χ1) is 10.1. The van der Waals surface area contributed by atoms with E-state index >= 15 is 0 Å². The van der Waals surface area contributed by atoms with E-state index in [0.29, 0.717) is 6.61 Å². The number of hydrogen-bond acceptors (Lipinski definition) is 3. The Morgan fingerprint density at radius 1 is 1.00 bits per heavy atom. The number of aliphatic hydroxyl groups is 1. The Morgan fingerprint density at radius 3 is 2.10 bits per heavy atom. The molecule has 0 aromatic heterocycles. The standard InChI is InChI=1S/C16H17Br2NO2/c1-19-8-13-6-14(17)16(15(18)7-13)21-10-12-4-2-11(9-20)3-5-12/h2-7,19-20H,8-10H2,1H3. The average molecular weight is 415 g/mol. The molecule has 3 nitrogen and oxygen atoms in total. The van der Waals surface area contributed by atoms with Gasteiger partial charge >= 0.3 is 0 Å². The van der Waals surface area contributed by atoms with E-state index in [2.05, 4.69) is 37.2 Å². The predicted molar refractivity (Wildman–Crippen MR) is 91.3 cm³/mol. The number of aliphatic hydroxyl groups excluding tert-OH is 1. The molecule has 112 valence electrons. The number of benzene rings is 2. The van der Waals surface area contributed by atoms with Crippen molar-refractivity contribution in [2.45, 2.75) is 19.8 Å². The molecule has 0 radical (unpaired) electrons. The van der Waals surface area contributed by atoms with Crippen molar-refractivity contribution < 1.29 is 9.84 Å². The Morgan fingerprint density at radius 2 is 1.57 bits per heavy atom. The van der Waals surface area contributed by atoms with Crippen LogP contribution in [0.5, 0.6) is 5.75 Å². The van der Waals surface area contributed by atoms with E-state index in [1.165, 1.54) is 5.56 Å². The van der Waals surface area contributed by atoms with Crippen molar-refractivity contribution in [2.24, 2.45) is 0 Å². The second kappa shape index (κ2) is 7.94. The van der Waals surface area contributed by atoms with Crippen LogP contribution < -0.4 is 10.1 Å². The minimum absolute atomic E-state index is 0.0607. The average Bonchev–Trinajstić information content (AvgIpc) is 2.47. The van der Waals surface area contributed by atoms with Crippen LogP contribution in [0.1, 0.15) is 16.7 Å². The van der Waals surface area contributed by atoms with Gasteiger partial charge in [-0.05, 0) is 67.7 Å². The molecule has 0 aliphatic rings. The molecule has 0 saturated carbocycles. The van der Waals surface area contributed by atoms with Crippen molar-refractivity contribution in [1.82, 2.24) is 5.32 Å². The quantitative estimate of drug-likeness (QED) is 0.750. The van der Waals surface area contributed by atoms with Gasteiger partial charge in [0.25, 0.3) is 0 Å². The van der Waals surface area contributed by atoms with Crippen LogP contribution in [0.15, 0.2) is 45.3 Å². The fraction of sp³-hybridized carbons (Fsp3) is 0.250. The topological polar surface area (TPSA) is 41.5 Å². The number of halogens is 2. The lowest BCUT2D eigenvalue weighted by atomic mass is 10.1. The molecule has 5 heteroatoms. The molecular formula is C16H17Br2NO2. The Balaban J connectivity index is 2.08. The van der Waals surface area contributed by atoms with Gasteiger partial charge < -0.3 is 15.2 Å². The van der Waals surface area contributed by atoms with Crippen LogP contribution in [0.25, 0.3) is 0 Å². The Bertz CT molecular complexity index is 577. The first-order valence-electron chi connectivity index (χ1n) is 6.58. The molecule has 0 unspecified atom stereocenters. The van der Waals surface area contributed by atoms with Gasteiger partial charge in [-0.25, -0.2) is 0 Å². The third-order valence-corrected chi connectivity index (χ3v) is 4.21. The summed E-state index contributed by atoms with van der Waals surface area (Å²) in [5.41, 5.74) is 3.14. The maximum atomic E-state index is 9.03. The molecule has 0 spiro atoms. The Hall–Kier alpha value is -0.880. The van der Waals surface area contributed by atoms with E-state index in [9.17, 15) is 0 Å². The summed E-state index contributed by atoms with van der Waals surface area (Å²) in [5.74, 6) is 0.793. The zero-order valence-electron chi connectivity index (χ0n) is 11.7. The third kappa shape index (κ3) is 4.54. The first-order valence-corrected chi connectivity index (χ1v) is 8.16. The summed E-state index contributed by atoms with van der Waals surface area (Å²) in [4.78, 5) is 0. The van der Waals surface area contributed by atoms with E-state index in [1.54, 1.807) is 0 Å². The molecule has 21 heavy (non-hydrogen) atoms. The number of nitrogens with one attached hydrogen (secondary N) is 1.